The normalized spacial score (nSPS) is 10.6. The Bertz CT molecular complexity index is 806. The molecule has 0 radical (unpaired) electrons. The van der Waals surface area contributed by atoms with Crippen molar-refractivity contribution < 1.29 is 19.6 Å². The second-order valence-electron chi connectivity index (χ2n) is 4.56. The van der Waals surface area contributed by atoms with Crippen LogP contribution in [0.15, 0.2) is 41.5 Å². The SMILES string of the molecule is COc1cc(/C=N/NC(=O)c2ccc([N+](=O)[O-])cc2)cc(Cl)c1O. The molecule has 0 unspecified atom stereocenters. The number of phenolic OH excluding ortho intramolecular Hbond substituents is 1. The van der Waals surface area contributed by atoms with Crippen LogP contribution in [0.25, 0.3) is 0 Å². The Morgan fingerprint density at radius 2 is 2.04 bits per heavy atom. The van der Waals surface area contributed by atoms with Crippen molar-refractivity contribution in [2.45, 2.75) is 0 Å². The Morgan fingerprint density at radius 1 is 1.38 bits per heavy atom. The molecule has 0 spiro atoms. The average Bonchev–Trinajstić information content (AvgIpc) is 2.57. The van der Waals surface area contributed by atoms with Crippen molar-refractivity contribution in [3.63, 3.8) is 0 Å². The molecule has 0 saturated carbocycles. The van der Waals surface area contributed by atoms with E-state index >= 15 is 0 Å². The van der Waals surface area contributed by atoms with Crippen molar-refractivity contribution in [3.05, 3.63) is 62.7 Å². The highest BCUT2D eigenvalue weighted by molar-refractivity contribution is 6.32. The van der Waals surface area contributed by atoms with Gasteiger partial charge in [0.25, 0.3) is 11.6 Å². The fourth-order valence-electron chi connectivity index (χ4n) is 1.79. The molecule has 2 rings (SSSR count). The number of nitrogens with one attached hydrogen (secondary N) is 1. The Morgan fingerprint density at radius 3 is 2.62 bits per heavy atom. The standard InChI is InChI=1S/C15H12ClN3O5/c1-24-13-7-9(6-12(16)14(13)20)8-17-18-15(21)10-2-4-11(5-3-10)19(22)23/h2-8,20H,1H3,(H,18,21)/b17-8+. The highest BCUT2D eigenvalue weighted by atomic mass is 35.5. The summed E-state index contributed by atoms with van der Waals surface area (Å²) in [6, 6.07) is 8.03. The van der Waals surface area contributed by atoms with Crippen LogP contribution >= 0.6 is 11.6 Å². The Balaban J connectivity index is 2.07. The molecule has 124 valence electrons. The van der Waals surface area contributed by atoms with E-state index in [1.807, 2.05) is 0 Å². The zero-order valence-electron chi connectivity index (χ0n) is 12.4. The molecule has 0 heterocycles. The first-order valence-corrected chi connectivity index (χ1v) is 6.94. The molecule has 9 heteroatoms. The predicted molar refractivity (Wildman–Crippen MR) is 87.8 cm³/mol. The van der Waals surface area contributed by atoms with Gasteiger partial charge >= 0.3 is 0 Å². The zero-order valence-corrected chi connectivity index (χ0v) is 13.1. The summed E-state index contributed by atoms with van der Waals surface area (Å²) in [6.45, 7) is 0. The minimum atomic E-state index is -0.554. The van der Waals surface area contributed by atoms with Crippen LogP contribution in [0.3, 0.4) is 0 Å². The molecule has 0 bridgehead atoms. The summed E-state index contributed by atoms with van der Waals surface area (Å²) >= 11 is 5.84. The molecule has 24 heavy (non-hydrogen) atoms. The number of nitro benzene ring substituents is 1. The van der Waals surface area contributed by atoms with Gasteiger partial charge in [-0.1, -0.05) is 11.6 Å². The van der Waals surface area contributed by atoms with Crippen LogP contribution in [0.5, 0.6) is 11.5 Å². The smallest absolute Gasteiger partial charge is 0.271 e. The van der Waals surface area contributed by atoms with E-state index in [0.717, 1.165) is 0 Å². The van der Waals surface area contributed by atoms with Crippen molar-refractivity contribution in [2.75, 3.05) is 7.11 Å². The van der Waals surface area contributed by atoms with E-state index in [9.17, 15) is 20.0 Å². The molecule has 0 aliphatic rings. The van der Waals surface area contributed by atoms with Crippen LogP contribution in [0.1, 0.15) is 15.9 Å². The topological polar surface area (TPSA) is 114 Å². The number of phenols is 1. The summed E-state index contributed by atoms with van der Waals surface area (Å²) in [5, 5.41) is 24.0. The lowest BCUT2D eigenvalue weighted by molar-refractivity contribution is -0.384. The number of hydrogen-bond acceptors (Lipinski definition) is 6. The number of halogens is 1. The van der Waals surface area contributed by atoms with Crippen molar-refractivity contribution in [1.29, 1.82) is 0 Å². The van der Waals surface area contributed by atoms with E-state index in [2.05, 4.69) is 10.5 Å². The van der Waals surface area contributed by atoms with Crippen LogP contribution in [-0.4, -0.2) is 29.3 Å². The van der Waals surface area contributed by atoms with E-state index in [1.54, 1.807) is 0 Å². The van der Waals surface area contributed by atoms with Crippen LogP contribution in [0.2, 0.25) is 5.02 Å². The fraction of sp³-hybridized carbons (Fsp3) is 0.0667. The lowest BCUT2D eigenvalue weighted by Crippen LogP contribution is -2.17. The number of non-ortho nitro benzene ring substituents is 1. The molecule has 0 aromatic heterocycles. The van der Waals surface area contributed by atoms with E-state index in [0.29, 0.717) is 5.56 Å². The molecule has 8 nitrogen and oxygen atoms in total. The monoisotopic (exact) mass is 349 g/mol. The average molecular weight is 350 g/mol. The van der Waals surface area contributed by atoms with Gasteiger partial charge in [-0.2, -0.15) is 5.10 Å². The number of amides is 1. The van der Waals surface area contributed by atoms with Crippen LogP contribution in [0.4, 0.5) is 5.69 Å². The van der Waals surface area contributed by atoms with Crippen molar-refractivity contribution in [2.24, 2.45) is 5.10 Å². The van der Waals surface area contributed by atoms with Gasteiger partial charge < -0.3 is 9.84 Å². The molecule has 0 aliphatic heterocycles. The first-order valence-electron chi connectivity index (χ1n) is 6.56. The maximum absolute atomic E-state index is 11.9. The van der Waals surface area contributed by atoms with Gasteiger partial charge in [0, 0.05) is 17.7 Å². The molecular formula is C15H12ClN3O5. The van der Waals surface area contributed by atoms with Crippen molar-refractivity contribution in [3.8, 4) is 11.5 Å². The maximum atomic E-state index is 11.9. The fourth-order valence-corrected chi connectivity index (χ4v) is 2.01. The molecule has 2 aromatic rings. The predicted octanol–water partition coefficient (Wildman–Crippen LogP) is 2.73. The number of ether oxygens (including phenoxy) is 1. The van der Waals surface area contributed by atoms with Gasteiger partial charge in [0.15, 0.2) is 11.5 Å². The van der Waals surface area contributed by atoms with E-state index in [1.165, 1.54) is 49.7 Å². The molecule has 1 amide bonds. The number of hydrazone groups is 1. The summed E-state index contributed by atoms with van der Waals surface area (Å²) in [7, 11) is 1.38. The number of carbonyl (C=O) groups is 1. The van der Waals surface area contributed by atoms with Crippen LogP contribution in [-0.2, 0) is 0 Å². The maximum Gasteiger partial charge on any atom is 0.271 e. The summed E-state index contributed by atoms with van der Waals surface area (Å²) in [6.07, 6.45) is 1.32. The lowest BCUT2D eigenvalue weighted by atomic mass is 10.2. The highest BCUT2D eigenvalue weighted by Gasteiger charge is 2.09. The minimum absolute atomic E-state index is 0.0810. The van der Waals surface area contributed by atoms with Gasteiger partial charge in [-0.25, -0.2) is 5.43 Å². The lowest BCUT2D eigenvalue weighted by Gasteiger charge is -2.06. The molecule has 0 atom stereocenters. The van der Waals surface area contributed by atoms with Gasteiger partial charge in [-0.05, 0) is 29.8 Å². The van der Waals surface area contributed by atoms with Gasteiger partial charge in [0.05, 0.1) is 23.3 Å². The number of nitro groups is 1. The van der Waals surface area contributed by atoms with Crippen molar-refractivity contribution in [1.82, 2.24) is 5.43 Å². The Labute approximate surface area is 141 Å². The van der Waals surface area contributed by atoms with E-state index in [4.69, 9.17) is 16.3 Å². The number of aromatic hydroxyl groups is 1. The van der Waals surface area contributed by atoms with Gasteiger partial charge in [0.2, 0.25) is 0 Å². The van der Waals surface area contributed by atoms with Gasteiger partial charge in [-0.15, -0.1) is 0 Å². The number of benzene rings is 2. The van der Waals surface area contributed by atoms with Crippen LogP contribution in [0, 0.1) is 10.1 Å². The largest absolute Gasteiger partial charge is 0.503 e. The van der Waals surface area contributed by atoms with Gasteiger partial charge in [-0.3, -0.25) is 14.9 Å². The summed E-state index contributed by atoms with van der Waals surface area (Å²) in [5.41, 5.74) is 2.89. The van der Waals surface area contributed by atoms with E-state index in [-0.39, 0.29) is 27.8 Å². The number of nitrogens with zero attached hydrogens (tertiary/aromatic N) is 2. The quantitative estimate of drug-likeness (QED) is 0.489. The first-order chi connectivity index (χ1) is 11.4. The third-order valence-electron chi connectivity index (χ3n) is 2.99. The number of hydrogen-bond donors (Lipinski definition) is 2. The summed E-state index contributed by atoms with van der Waals surface area (Å²) in [4.78, 5) is 21.9. The zero-order chi connectivity index (χ0) is 17.7. The minimum Gasteiger partial charge on any atom is -0.503 e. The molecule has 0 fully saturated rings. The molecule has 0 saturated heterocycles. The Kier molecular flexibility index (Phi) is 5.33. The number of methoxy groups -OCH3 is 1. The second-order valence-corrected chi connectivity index (χ2v) is 4.96. The molecular weight excluding hydrogens is 338 g/mol. The molecule has 0 aliphatic carbocycles. The number of rotatable bonds is 5. The summed E-state index contributed by atoms with van der Waals surface area (Å²) in [5.74, 6) is -0.546. The highest BCUT2D eigenvalue weighted by Crippen LogP contribution is 2.34. The Hall–Kier alpha value is -3.13. The third-order valence-corrected chi connectivity index (χ3v) is 3.28. The molecule has 2 N–H and O–H groups in total. The van der Waals surface area contributed by atoms with Gasteiger partial charge in [0.1, 0.15) is 0 Å². The van der Waals surface area contributed by atoms with E-state index < -0.39 is 10.8 Å². The van der Waals surface area contributed by atoms with Crippen molar-refractivity contribution >= 4 is 29.4 Å². The summed E-state index contributed by atoms with van der Waals surface area (Å²) < 4.78 is 4.96. The second kappa shape index (κ2) is 7.42. The van der Waals surface area contributed by atoms with Crippen LogP contribution < -0.4 is 10.2 Å². The molecule has 2 aromatic carbocycles. The first kappa shape index (κ1) is 17.2. The third kappa shape index (κ3) is 3.99. The number of carbonyl (C=O) groups excluding carboxylic acids is 1.